The zero-order chi connectivity index (χ0) is 24.6. The predicted molar refractivity (Wildman–Crippen MR) is 142 cm³/mol. The van der Waals surface area contributed by atoms with Crippen LogP contribution in [-0.4, -0.2) is 57.5 Å². The molecule has 0 N–H and O–H groups in total. The molecule has 1 atom stereocenters. The number of carbonyl (C=O) groups excluding carboxylic acids is 1. The Morgan fingerprint density at radius 3 is 2.57 bits per heavy atom. The zero-order valence-corrected chi connectivity index (χ0v) is 21.4. The van der Waals surface area contributed by atoms with Gasteiger partial charge in [-0.3, -0.25) is 9.69 Å². The van der Waals surface area contributed by atoms with Crippen molar-refractivity contribution in [3.63, 3.8) is 0 Å². The molecule has 0 bridgehead atoms. The Hall–Kier alpha value is -2.95. The van der Waals surface area contributed by atoms with Crippen molar-refractivity contribution in [2.24, 2.45) is 0 Å². The molecule has 10 heteroatoms. The molecule has 0 aliphatic carbocycles. The van der Waals surface area contributed by atoms with Gasteiger partial charge in [-0.1, -0.05) is 42.2 Å². The molecule has 2 fully saturated rings. The van der Waals surface area contributed by atoms with Crippen molar-refractivity contribution in [2.75, 3.05) is 18.1 Å². The second-order valence-corrected chi connectivity index (χ2v) is 12.2. The van der Waals surface area contributed by atoms with Gasteiger partial charge in [0.2, 0.25) is 0 Å². The molecule has 2 aliphatic rings. The first-order valence-electron chi connectivity index (χ1n) is 11.2. The average molecular weight is 526 g/mol. The van der Waals surface area contributed by atoms with Crippen LogP contribution in [0.2, 0.25) is 0 Å². The summed E-state index contributed by atoms with van der Waals surface area (Å²) >= 11 is 6.67. The van der Waals surface area contributed by atoms with Gasteiger partial charge in [0.1, 0.15) is 10.1 Å². The van der Waals surface area contributed by atoms with Gasteiger partial charge in [0.05, 0.1) is 40.4 Å². The fourth-order valence-electron chi connectivity index (χ4n) is 4.22. The summed E-state index contributed by atoms with van der Waals surface area (Å²) in [5, 5.41) is 4.81. The first-order chi connectivity index (χ1) is 16.8. The number of para-hydroxylation sites is 1. The fourth-order valence-corrected chi connectivity index (χ4v) is 7.31. The number of ether oxygens (including phenoxy) is 1. The number of nitrogens with zero attached hydrogens (tertiary/aromatic N) is 3. The molecule has 0 radical (unpaired) electrons. The van der Waals surface area contributed by atoms with Gasteiger partial charge in [-0.15, -0.1) is 0 Å². The highest BCUT2D eigenvalue weighted by atomic mass is 32.2. The topological polar surface area (TPSA) is 81.5 Å². The smallest absolute Gasteiger partial charge is 0.266 e. The molecule has 2 aliphatic heterocycles. The Morgan fingerprint density at radius 1 is 1.17 bits per heavy atom. The van der Waals surface area contributed by atoms with Gasteiger partial charge in [-0.2, -0.15) is 5.10 Å². The maximum absolute atomic E-state index is 13.3. The van der Waals surface area contributed by atoms with Crippen LogP contribution in [0.5, 0.6) is 5.75 Å². The lowest BCUT2D eigenvalue weighted by Crippen LogP contribution is -2.39. The lowest BCUT2D eigenvalue weighted by molar-refractivity contribution is -0.123. The summed E-state index contributed by atoms with van der Waals surface area (Å²) in [7, 11) is -3.14. The number of amides is 1. The summed E-state index contributed by atoms with van der Waals surface area (Å²) in [5.74, 6) is 0.551. The largest absolute Gasteiger partial charge is 0.494 e. The molecule has 0 spiro atoms. The molecule has 35 heavy (non-hydrogen) atoms. The Bertz CT molecular complexity index is 1410. The van der Waals surface area contributed by atoms with Gasteiger partial charge < -0.3 is 4.74 Å². The number of sulfone groups is 1. The third-order valence-electron chi connectivity index (χ3n) is 5.89. The summed E-state index contributed by atoms with van der Waals surface area (Å²) in [6.45, 7) is 2.52. The first kappa shape index (κ1) is 23.8. The number of thioether (sulfide) groups is 1. The molecule has 5 rings (SSSR count). The zero-order valence-electron chi connectivity index (χ0n) is 19.0. The minimum absolute atomic E-state index is 0.0455. The maximum atomic E-state index is 13.3. The van der Waals surface area contributed by atoms with Crippen molar-refractivity contribution in [3.8, 4) is 22.7 Å². The lowest BCUT2D eigenvalue weighted by atomic mass is 10.1. The third-order valence-corrected chi connectivity index (χ3v) is 8.97. The highest BCUT2D eigenvalue weighted by molar-refractivity contribution is 8.26. The molecule has 3 heterocycles. The Labute approximate surface area is 213 Å². The van der Waals surface area contributed by atoms with Crippen LogP contribution in [-0.2, 0) is 14.6 Å². The maximum Gasteiger partial charge on any atom is 0.266 e. The van der Waals surface area contributed by atoms with Gasteiger partial charge in [0, 0.05) is 17.3 Å². The summed E-state index contributed by atoms with van der Waals surface area (Å²) < 4.78 is 31.7. The van der Waals surface area contributed by atoms with Gasteiger partial charge in [0.15, 0.2) is 9.84 Å². The van der Waals surface area contributed by atoms with E-state index in [1.54, 1.807) is 10.8 Å². The summed E-state index contributed by atoms with van der Waals surface area (Å²) in [5.41, 5.74) is 3.25. The van der Waals surface area contributed by atoms with Crippen LogP contribution in [0.1, 0.15) is 18.9 Å². The number of thiocarbonyl (C=S) groups is 1. The molecule has 7 nitrogen and oxygen atoms in total. The molecular weight excluding hydrogens is 502 g/mol. The van der Waals surface area contributed by atoms with Gasteiger partial charge in [-0.25, -0.2) is 13.1 Å². The summed E-state index contributed by atoms with van der Waals surface area (Å²) in [4.78, 5) is 15.2. The minimum Gasteiger partial charge on any atom is -0.494 e. The number of hydrogen-bond donors (Lipinski definition) is 0. The van der Waals surface area contributed by atoms with E-state index in [1.807, 2.05) is 67.7 Å². The molecule has 2 aromatic carbocycles. The van der Waals surface area contributed by atoms with Crippen molar-refractivity contribution in [1.82, 2.24) is 14.7 Å². The van der Waals surface area contributed by atoms with E-state index in [9.17, 15) is 13.2 Å². The van der Waals surface area contributed by atoms with Gasteiger partial charge in [0.25, 0.3) is 5.91 Å². The van der Waals surface area contributed by atoms with Crippen molar-refractivity contribution in [1.29, 1.82) is 0 Å². The number of hydrogen-bond acceptors (Lipinski definition) is 7. The average Bonchev–Trinajstić information content (AvgIpc) is 3.50. The number of aromatic nitrogens is 2. The van der Waals surface area contributed by atoms with Crippen LogP contribution in [0.15, 0.2) is 65.7 Å². The Morgan fingerprint density at radius 2 is 1.91 bits per heavy atom. The van der Waals surface area contributed by atoms with E-state index in [2.05, 4.69) is 0 Å². The van der Waals surface area contributed by atoms with Gasteiger partial charge in [-0.05, 0) is 55.8 Å². The summed E-state index contributed by atoms with van der Waals surface area (Å²) in [6, 6.07) is 17.0. The van der Waals surface area contributed by atoms with Crippen LogP contribution >= 0.6 is 24.0 Å². The number of benzene rings is 2. The lowest BCUT2D eigenvalue weighted by Gasteiger charge is -2.20. The number of rotatable bonds is 6. The van der Waals surface area contributed by atoms with Crippen LogP contribution in [0.4, 0.5) is 0 Å². The Balaban J connectivity index is 1.52. The predicted octanol–water partition coefficient (Wildman–Crippen LogP) is 4.33. The fraction of sp³-hybridized carbons (Fsp3) is 0.240. The van der Waals surface area contributed by atoms with Crippen molar-refractivity contribution in [2.45, 2.75) is 19.4 Å². The molecule has 0 saturated carbocycles. The molecule has 3 aromatic rings. The first-order valence-corrected chi connectivity index (χ1v) is 14.2. The van der Waals surface area contributed by atoms with E-state index >= 15 is 0 Å². The van der Waals surface area contributed by atoms with E-state index in [0.29, 0.717) is 27.9 Å². The second kappa shape index (κ2) is 9.60. The van der Waals surface area contributed by atoms with E-state index < -0.39 is 15.9 Å². The van der Waals surface area contributed by atoms with E-state index in [-0.39, 0.29) is 17.4 Å². The van der Waals surface area contributed by atoms with Crippen LogP contribution < -0.4 is 4.74 Å². The van der Waals surface area contributed by atoms with Crippen molar-refractivity contribution < 1.29 is 17.9 Å². The second-order valence-electron chi connectivity index (χ2n) is 8.28. The van der Waals surface area contributed by atoms with Gasteiger partial charge >= 0.3 is 0 Å². The quantitative estimate of drug-likeness (QED) is 0.350. The highest BCUT2D eigenvalue weighted by Crippen LogP contribution is 2.38. The number of carbonyl (C=O) groups is 1. The standard InChI is InChI=1S/C25H23N3O4S3/c1-2-32-21-10-8-17(9-11-21)23-18(15-27(26-23)19-6-4-3-5-7-19)14-22-24(29)28(25(33)34-22)20-12-13-35(30,31)16-20/h3-11,14-15,20H,2,12-13,16H2,1H3/b22-14-/t20-/m0/s1. The monoisotopic (exact) mass is 525 g/mol. The molecule has 1 aromatic heterocycles. The molecule has 180 valence electrons. The molecule has 2 saturated heterocycles. The highest BCUT2D eigenvalue weighted by Gasteiger charge is 2.42. The minimum atomic E-state index is -3.14. The van der Waals surface area contributed by atoms with Crippen molar-refractivity contribution in [3.05, 3.63) is 71.3 Å². The van der Waals surface area contributed by atoms with E-state index in [4.69, 9.17) is 22.1 Å². The summed E-state index contributed by atoms with van der Waals surface area (Å²) in [6.07, 6.45) is 4.08. The van der Waals surface area contributed by atoms with E-state index in [0.717, 1.165) is 22.6 Å². The third kappa shape index (κ3) is 4.91. The van der Waals surface area contributed by atoms with Crippen LogP contribution in [0, 0.1) is 0 Å². The van der Waals surface area contributed by atoms with E-state index in [1.165, 1.54) is 16.7 Å². The molecule has 0 unspecified atom stereocenters. The Kier molecular flexibility index (Phi) is 6.52. The van der Waals surface area contributed by atoms with Crippen LogP contribution in [0.3, 0.4) is 0 Å². The normalized spacial score (nSPS) is 20.7. The van der Waals surface area contributed by atoms with Crippen LogP contribution in [0.25, 0.3) is 23.0 Å². The molecule has 1 amide bonds. The van der Waals surface area contributed by atoms with Crippen molar-refractivity contribution >= 4 is 50.1 Å². The SMILES string of the molecule is CCOc1ccc(-c2nn(-c3ccccc3)cc2/C=C2\SC(=S)N([C@H]3CCS(=O)(=O)C3)C2=O)cc1. The molecular formula is C25H23N3O4S3.